The van der Waals surface area contributed by atoms with Crippen LogP contribution in [0.1, 0.15) is 12.8 Å². The number of halogens is 2. The van der Waals surface area contributed by atoms with Gasteiger partial charge in [0, 0.05) is 19.9 Å². The van der Waals surface area contributed by atoms with Gasteiger partial charge in [-0.05, 0) is 0 Å². The minimum atomic E-state index is -2.66. The van der Waals surface area contributed by atoms with E-state index < -0.39 is 17.8 Å². The fourth-order valence-electron chi connectivity index (χ4n) is 1.01. The number of hydrogen-bond donors (Lipinski definition) is 1. The number of rotatable bonds is 2. The van der Waals surface area contributed by atoms with Crippen LogP contribution in [0.2, 0.25) is 0 Å². The SMILES string of the molecule is CNOC(=O)C1CC(F)(F)C1. The van der Waals surface area contributed by atoms with Gasteiger partial charge in [-0.2, -0.15) is 5.48 Å². The molecule has 1 N–H and O–H groups in total. The molecule has 0 atom stereocenters. The molecule has 0 aromatic rings. The molecule has 0 aliphatic heterocycles. The van der Waals surface area contributed by atoms with E-state index in [2.05, 4.69) is 10.3 Å². The van der Waals surface area contributed by atoms with Crippen LogP contribution in [0.25, 0.3) is 0 Å². The quantitative estimate of drug-likeness (QED) is 0.612. The van der Waals surface area contributed by atoms with Crippen LogP contribution in [0, 0.1) is 5.92 Å². The molecule has 1 aliphatic rings. The van der Waals surface area contributed by atoms with Crippen molar-refractivity contribution in [3.05, 3.63) is 0 Å². The molecule has 0 radical (unpaired) electrons. The zero-order valence-electron chi connectivity index (χ0n) is 6.06. The molecule has 1 aliphatic carbocycles. The van der Waals surface area contributed by atoms with Crippen LogP contribution >= 0.6 is 0 Å². The zero-order chi connectivity index (χ0) is 8.48. The number of alkyl halides is 2. The average Bonchev–Trinajstić information content (AvgIpc) is 1.83. The van der Waals surface area contributed by atoms with Crippen molar-refractivity contribution in [2.45, 2.75) is 18.8 Å². The molecule has 5 heteroatoms. The Morgan fingerprint density at radius 1 is 1.64 bits per heavy atom. The summed E-state index contributed by atoms with van der Waals surface area (Å²) in [5, 5.41) is 0. The first kappa shape index (κ1) is 8.39. The standard InChI is InChI=1S/C6H9F2NO2/c1-9-11-5(10)4-2-6(7,8)3-4/h4,9H,2-3H2,1H3. The van der Waals surface area contributed by atoms with Crippen LogP contribution in [0.15, 0.2) is 0 Å². The highest BCUT2D eigenvalue weighted by Gasteiger charge is 2.49. The molecule has 1 saturated carbocycles. The second-order valence-electron chi connectivity index (χ2n) is 2.59. The van der Waals surface area contributed by atoms with E-state index in [9.17, 15) is 13.6 Å². The van der Waals surface area contributed by atoms with Gasteiger partial charge in [0.1, 0.15) is 0 Å². The molecule has 11 heavy (non-hydrogen) atoms. The topological polar surface area (TPSA) is 38.3 Å². The van der Waals surface area contributed by atoms with Crippen molar-refractivity contribution >= 4 is 5.97 Å². The van der Waals surface area contributed by atoms with E-state index in [4.69, 9.17) is 0 Å². The van der Waals surface area contributed by atoms with Gasteiger partial charge in [0.05, 0.1) is 5.92 Å². The molecule has 0 aromatic heterocycles. The highest BCUT2D eigenvalue weighted by Crippen LogP contribution is 2.42. The Balaban J connectivity index is 2.27. The number of carbonyl (C=O) groups is 1. The first-order valence-electron chi connectivity index (χ1n) is 3.30. The molecule has 1 rings (SSSR count). The predicted octanol–water partition coefficient (Wildman–Crippen LogP) is 0.709. The molecule has 0 amide bonds. The van der Waals surface area contributed by atoms with Gasteiger partial charge < -0.3 is 4.84 Å². The van der Waals surface area contributed by atoms with Gasteiger partial charge in [0.25, 0.3) is 0 Å². The molecule has 0 unspecified atom stereocenters. The van der Waals surface area contributed by atoms with Gasteiger partial charge in [0.2, 0.25) is 5.92 Å². The van der Waals surface area contributed by atoms with Crippen molar-refractivity contribution in [2.75, 3.05) is 7.05 Å². The van der Waals surface area contributed by atoms with Crippen molar-refractivity contribution in [1.29, 1.82) is 0 Å². The van der Waals surface area contributed by atoms with E-state index in [0.717, 1.165) is 0 Å². The van der Waals surface area contributed by atoms with Crippen LogP contribution < -0.4 is 5.48 Å². The van der Waals surface area contributed by atoms with E-state index in [1.54, 1.807) is 0 Å². The molecular formula is C6H9F2NO2. The molecule has 64 valence electrons. The lowest BCUT2D eigenvalue weighted by Crippen LogP contribution is -2.41. The number of nitrogens with one attached hydrogen (secondary N) is 1. The van der Waals surface area contributed by atoms with Gasteiger partial charge in [-0.1, -0.05) is 0 Å². The molecule has 0 heterocycles. The Hall–Kier alpha value is -0.710. The average molecular weight is 165 g/mol. The van der Waals surface area contributed by atoms with Crippen molar-refractivity contribution in [3.63, 3.8) is 0 Å². The second kappa shape index (κ2) is 2.73. The Morgan fingerprint density at radius 2 is 2.18 bits per heavy atom. The summed E-state index contributed by atoms with van der Waals surface area (Å²) in [6.45, 7) is 0. The van der Waals surface area contributed by atoms with Crippen molar-refractivity contribution in [3.8, 4) is 0 Å². The number of hydrogen-bond acceptors (Lipinski definition) is 3. The summed E-state index contributed by atoms with van der Waals surface area (Å²) in [7, 11) is 1.41. The van der Waals surface area contributed by atoms with E-state index in [0.29, 0.717) is 0 Å². The fourth-order valence-corrected chi connectivity index (χ4v) is 1.01. The third kappa shape index (κ3) is 1.86. The maximum absolute atomic E-state index is 12.2. The summed E-state index contributed by atoms with van der Waals surface area (Å²) in [5.41, 5.74) is 2.15. The maximum Gasteiger partial charge on any atom is 0.328 e. The first-order valence-corrected chi connectivity index (χ1v) is 3.30. The third-order valence-corrected chi connectivity index (χ3v) is 1.63. The molecular weight excluding hydrogens is 156 g/mol. The smallest absolute Gasteiger partial charge is 0.328 e. The Bertz CT molecular complexity index is 164. The molecule has 0 aromatic carbocycles. The molecule has 0 spiro atoms. The molecule has 1 fully saturated rings. The van der Waals surface area contributed by atoms with E-state index in [1.807, 2.05) is 0 Å². The molecule has 0 bridgehead atoms. The van der Waals surface area contributed by atoms with E-state index in [1.165, 1.54) is 7.05 Å². The van der Waals surface area contributed by atoms with E-state index in [-0.39, 0.29) is 12.8 Å². The third-order valence-electron chi connectivity index (χ3n) is 1.63. The number of hydroxylamine groups is 1. The summed E-state index contributed by atoms with van der Waals surface area (Å²) in [6, 6.07) is 0. The summed E-state index contributed by atoms with van der Waals surface area (Å²) in [5.74, 6) is -3.88. The van der Waals surface area contributed by atoms with Crippen LogP contribution in [0.3, 0.4) is 0 Å². The Kier molecular flexibility index (Phi) is 2.08. The highest BCUT2D eigenvalue weighted by atomic mass is 19.3. The monoisotopic (exact) mass is 165 g/mol. The van der Waals surface area contributed by atoms with Gasteiger partial charge >= 0.3 is 5.97 Å². The van der Waals surface area contributed by atoms with Gasteiger partial charge in [-0.3, -0.25) is 4.79 Å². The number of carbonyl (C=O) groups excluding carboxylic acids is 1. The molecule has 3 nitrogen and oxygen atoms in total. The first-order chi connectivity index (χ1) is 5.05. The minimum Gasteiger partial charge on any atom is -0.371 e. The van der Waals surface area contributed by atoms with Crippen LogP contribution in [0.4, 0.5) is 8.78 Å². The maximum atomic E-state index is 12.2. The summed E-state index contributed by atoms with van der Waals surface area (Å²) in [6.07, 6.45) is -0.763. The van der Waals surface area contributed by atoms with E-state index >= 15 is 0 Å². The zero-order valence-corrected chi connectivity index (χ0v) is 6.06. The summed E-state index contributed by atoms with van der Waals surface area (Å²) >= 11 is 0. The predicted molar refractivity (Wildman–Crippen MR) is 32.8 cm³/mol. The highest BCUT2D eigenvalue weighted by molar-refractivity contribution is 5.73. The van der Waals surface area contributed by atoms with Crippen LogP contribution in [-0.2, 0) is 9.63 Å². The lowest BCUT2D eigenvalue weighted by Gasteiger charge is -2.32. The van der Waals surface area contributed by atoms with Crippen molar-refractivity contribution < 1.29 is 18.4 Å². The van der Waals surface area contributed by atoms with Crippen LogP contribution in [0.5, 0.6) is 0 Å². The van der Waals surface area contributed by atoms with Gasteiger partial charge in [-0.15, -0.1) is 0 Å². The fraction of sp³-hybridized carbons (Fsp3) is 0.833. The van der Waals surface area contributed by atoms with Gasteiger partial charge in [0.15, 0.2) is 0 Å². The van der Waals surface area contributed by atoms with Crippen molar-refractivity contribution in [1.82, 2.24) is 5.48 Å². The van der Waals surface area contributed by atoms with Crippen LogP contribution in [-0.4, -0.2) is 18.9 Å². The largest absolute Gasteiger partial charge is 0.371 e. The lowest BCUT2D eigenvalue weighted by atomic mass is 9.81. The Labute approximate surface area is 62.7 Å². The Morgan fingerprint density at radius 3 is 2.55 bits per heavy atom. The molecule has 0 saturated heterocycles. The lowest BCUT2D eigenvalue weighted by molar-refractivity contribution is -0.177. The van der Waals surface area contributed by atoms with Gasteiger partial charge in [-0.25, -0.2) is 8.78 Å². The second-order valence-corrected chi connectivity index (χ2v) is 2.59. The summed E-state index contributed by atoms with van der Waals surface area (Å²) < 4.78 is 24.3. The minimum absolute atomic E-state index is 0.381. The summed E-state index contributed by atoms with van der Waals surface area (Å²) in [4.78, 5) is 15.0. The van der Waals surface area contributed by atoms with Crippen molar-refractivity contribution in [2.24, 2.45) is 5.92 Å². The normalized spacial score (nSPS) is 22.5.